The molecular formula is C46H47NO. The first kappa shape index (κ1) is 28.9. The Morgan fingerprint density at radius 3 is 2.69 bits per heavy atom. The van der Waals surface area contributed by atoms with Gasteiger partial charge in [0.2, 0.25) is 0 Å². The predicted octanol–water partition coefficient (Wildman–Crippen LogP) is 11.0. The molecule has 0 saturated carbocycles. The normalized spacial score (nSPS) is 32.7. The molecule has 8 aliphatic rings. The molecule has 2 aromatic carbocycles. The average molecular weight is 630 g/mol. The van der Waals surface area contributed by atoms with Gasteiger partial charge >= 0.3 is 0 Å². The Bertz CT molecular complexity index is 1910. The molecule has 0 amide bonds. The zero-order valence-electron chi connectivity index (χ0n) is 28.3. The van der Waals surface area contributed by atoms with Gasteiger partial charge in [0.15, 0.2) is 0 Å². The van der Waals surface area contributed by atoms with E-state index in [0.29, 0.717) is 35.6 Å². The third-order valence-corrected chi connectivity index (χ3v) is 13.1. The van der Waals surface area contributed by atoms with E-state index < -0.39 is 0 Å². The Hall–Kier alpha value is -4.04. The molecule has 0 saturated heterocycles. The highest BCUT2D eigenvalue weighted by Gasteiger charge is 2.45. The number of rotatable bonds is 4. The fourth-order valence-corrected chi connectivity index (χ4v) is 10.7. The number of benzene rings is 2. The molecule has 2 heteroatoms. The molecule has 0 N–H and O–H groups in total. The lowest BCUT2D eigenvalue weighted by Gasteiger charge is -2.38. The van der Waals surface area contributed by atoms with Gasteiger partial charge in [-0.05, 0) is 138 Å². The van der Waals surface area contributed by atoms with Crippen molar-refractivity contribution in [1.29, 1.82) is 0 Å². The van der Waals surface area contributed by atoms with E-state index in [9.17, 15) is 0 Å². The van der Waals surface area contributed by atoms with E-state index >= 15 is 0 Å². The van der Waals surface area contributed by atoms with Crippen LogP contribution in [0.1, 0.15) is 98.8 Å². The van der Waals surface area contributed by atoms with Crippen LogP contribution in [0, 0.1) is 17.8 Å². The number of nitrogens with zero attached hydrogens (tertiary/aromatic N) is 1. The summed E-state index contributed by atoms with van der Waals surface area (Å²) in [6.07, 6.45) is 33.9. The highest BCUT2D eigenvalue weighted by atomic mass is 16.5. The quantitative estimate of drug-likeness (QED) is 0.334. The maximum Gasteiger partial charge on any atom is 0.127 e. The maximum atomic E-state index is 6.48. The van der Waals surface area contributed by atoms with Gasteiger partial charge in [0.25, 0.3) is 0 Å². The monoisotopic (exact) mass is 629 g/mol. The molecule has 10 rings (SSSR count). The third-order valence-electron chi connectivity index (χ3n) is 13.1. The Morgan fingerprint density at radius 1 is 0.854 bits per heavy atom. The SMILES string of the molecule is CC1c2ccc(C3CCC4=C(C3)N(C3=CC5C6=C(CCCC6)OC5C=C3)C3C=CC=CC43)cc2C2=C(C=CCC2)C1Cc1ccccc1. The fraction of sp³-hybridized carbons (Fsp3) is 0.391. The van der Waals surface area contributed by atoms with E-state index in [1.165, 1.54) is 55.5 Å². The van der Waals surface area contributed by atoms with Crippen LogP contribution in [0.15, 0.2) is 137 Å². The molecule has 242 valence electrons. The highest BCUT2D eigenvalue weighted by molar-refractivity contribution is 5.78. The molecule has 7 unspecified atom stereocenters. The molecular weight excluding hydrogens is 583 g/mol. The van der Waals surface area contributed by atoms with Crippen molar-refractivity contribution in [1.82, 2.24) is 4.90 Å². The van der Waals surface area contributed by atoms with Crippen LogP contribution in [0.25, 0.3) is 5.57 Å². The van der Waals surface area contributed by atoms with Crippen molar-refractivity contribution >= 4 is 5.57 Å². The summed E-state index contributed by atoms with van der Waals surface area (Å²) in [5.74, 6) is 3.81. The van der Waals surface area contributed by atoms with Crippen LogP contribution < -0.4 is 0 Å². The van der Waals surface area contributed by atoms with Crippen LogP contribution in [-0.4, -0.2) is 17.0 Å². The molecule has 0 bridgehead atoms. The number of ether oxygens (including phenoxy) is 1. The Morgan fingerprint density at radius 2 is 1.75 bits per heavy atom. The third kappa shape index (κ3) is 4.58. The molecule has 7 atom stereocenters. The first-order chi connectivity index (χ1) is 23.7. The number of allylic oxidation sites excluding steroid dienone is 9. The van der Waals surface area contributed by atoms with Crippen molar-refractivity contribution in [2.45, 2.75) is 95.1 Å². The zero-order chi connectivity index (χ0) is 31.8. The van der Waals surface area contributed by atoms with E-state index in [4.69, 9.17) is 4.74 Å². The van der Waals surface area contributed by atoms with Gasteiger partial charge in [-0.1, -0.05) is 91.9 Å². The second kappa shape index (κ2) is 11.5. The van der Waals surface area contributed by atoms with Crippen LogP contribution in [0.4, 0.5) is 0 Å². The maximum absolute atomic E-state index is 6.48. The van der Waals surface area contributed by atoms with Crippen molar-refractivity contribution in [2.24, 2.45) is 17.8 Å². The number of hydrogen-bond donors (Lipinski definition) is 0. The van der Waals surface area contributed by atoms with Crippen molar-refractivity contribution in [2.75, 3.05) is 0 Å². The van der Waals surface area contributed by atoms with Gasteiger partial charge in [-0.15, -0.1) is 0 Å². The topological polar surface area (TPSA) is 12.5 Å². The van der Waals surface area contributed by atoms with Gasteiger partial charge in [-0.3, -0.25) is 0 Å². The second-order valence-electron chi connectivity index (χ2n) is 15.6. The van der Waals surface area contributed by atoms with E-state index in [1.54, 1.807) is 44.7 Å². The highest BCUT2D eigenvalue weighted by Crippen LogP contribution is 2.53. The minimum absolute atomic E-state index is 0.198. The van der Waals surface area contributed by atoms with Gasteiger partial charge in [0, 0.05) is 29.7 Å². The van der Waals surface area contributed by atoms with Crippen molar-refractivity contribution < 1.29 is 4.74 Å². The van der Waals surface area contributed by atoms with Crippen LogP contribution >= 0.6 is 0 Å². The van der Waals surface area contributed by atoms with Gasteiger partial charge in [0.1, 0.15) is 6.10 Å². The van der Waals surface area contributed by atoms with Crippen LogP contribution in [-0.2, 0) is 11.2 Å². The molecule has 6 aliphatic carbocycles. The summed E-state index contributed by atoms with van der Waals surface area (Å²) in [5.41, 5.74) is 15.6. The molecule has 2 nitrogen and oxygen atoms in total. The Labute approximate surface area is 286 Å². The lowest BCUT2D eigenvalue weighted by molar-refractivity contribution is 0.155. The minimum atomic E-state index is 0.198. The van der Waals surface area contributed by atoms with Crippen LogP contribution in [0.2, 0.25) is 0 Å². The largest absolute Gasteiger partial charge is 0.490 e. The minimum Gasteiger partial charge on any atom is -0.490 e. The van der Waals surface area contributed by atoms with Gasteiger partial charge < -0.3 is 9.64 Å². The molecule has 48 heavy (non-hydrogen) atoms. The van der Waals surface area contributed by atoms with Crippen LogP contribution in [0.3, 0.4) is 0 Å². The van der Waals surface area contributed by atoms with E-state index in [-0.39, 0.29) is 6.10 Å². The summed E-state index contributed by atoms with van der Waals surface area (Å²) < 4.78 is 6.48. The van der Waals surface area contributed by atoms with Crippen molar-refractivity contribution in [3.05, 3.63) is 159 Å². The van der Waals surface area contributed by atoms with Crippen molar-refractivity contribution in [3.8, 4) is 0 Å². The van der Waals surface area contributed by atoms with Crippen molar-refractivity contribution in [3.63, 3.8) is 0 Å². The van der Waals surface area contributed by atoms with Gasteiger partial charge in [-0.25, -0.2) is 0 Å². The summed E-state index contributed by atoms with van der Waals surface area (Å²) in [6, 6.07) is 19.2. The summed E-state index contributed by atoms with van der Waals surface area (Å²) in [6.45, 7) is 2.48. The van der Waals surface area contributed by atoms with Crippen LogP contribution in [0.5, 0.6) is 0 Å². The molecule has 0 spiro atoms. The molecule has 2 aromatic rings. The summed E-state index contributed by atoms with van der Waals surface area (Å²) in [5, 5.41) is 0. The fourth-order valence-electron chi connectivity index (χ4n) is 10.7. The molecule has 2 heterocycles. The lowest BCUT2D eigenvalue weighted by atomic mass is 9.67. The predicted molar refractivity (Wildman–Crippen MR) is 196 cm³/mol. The second-order valence-corrected chi connectivity index (χ2v) is 15.6. The first-order valence-corrected chi connectivity index (χ1v) is 18.9. The van der Waals surface area contributed by atoms with E-state index in [1.807, 2.05) is 0 Å². The Kier molecular flexibility index (Phi) is 6.95. The summed E-state index contributed by atoms with van der Waals surface area (Å²) in [7, 11) is 0. The van der Waals surface area contributed by atoms with Gasteiger partial charge in [-0.2, -0.15) is 0 Å². The summed E-state index contributed by atoms with van der Waals surface area (Å²) in [4.78, 5) is 2.75. The smallest absolute Gasteiger partial charge is 0.127 e. The average Bonchev–Trinajstić information content (AvgIpc) is 3.68. The zero-order valence-corrected chi connectivity index (χ0v) is 28.3. The molecule has 0 fully saturated rings. The van der Waals surface area contributed by atoms with E-state index in [0.717, 1.165) is 25.7 Å². The lowest BCUT2D eigenvalue weighted by Crippen LogP contribution is -2.34. The molecule has 0 aromatic heterocycles. The van der Waals surface area contributed by atoms with Gasteiger partial charge in [0.05, 0.1) is 11.8 Å². The molecule has 2 aliphatic heterocycles. The number of hydrogen-bond acceptors (Lipinski definition) is 2. The first-order valence-electron chi connectivity index (χ1n) is 18.9. The summed E-state index contributed by atoms with van der Waals surface area (Å²) >= 11 is 0. The van der Waals surface area contributed by atoms with E-state index in [2.05, 4.69) is 115 Å². The standard InChI is InChI=1S/C46H47NO/c1-29-34-22-19-31(26-41(34)36-14-6-5-13-35(36)40(29)25-30-11-3-2-4-12-30)32-20-23-38-37-15-7-9-17-43(37)47(44(38)27-32)33-21-24-46-42(28-33)39-16-8-10-18-45(39)48-46/h2-5,7,9,11-13,15,17,19,21-22,24,26,28-29,32,37,40,42-43,46H,6,8,10,14,16,18,20,23,25,27H2,1H3. The Balaban J connectivity index is 0.981. The molecule has 0 radical (unpaired) electrons. The number of fused-ring (bicyclic) bond motifs is 6.